The van der Waals surface area contributed by atoms with Gasteiger partial charge in [-0.1, -0.05) is 30.3 Å². The van der Waals surface area contributed by atoms with Crippen molar-refractivity contribution in [2.24, 2.45) is 0 Å². The van der Waals surface area contributed by atoms with Crippen LogP contribution in [-0.4, -0.2) is 28.6 Å². The number of nitrogens with zero attached hydrogens (tertiary/aromatic N) is 1. The van der Waals surface area contributed by atoms with E-state index in [1.807, 2.05) is 6.07 Å². The number of nitro groups is 1. The van der Waals surface area contributed by atoms with Gasteiger partial charge in [-0.25, -0.2) is 0 Å². The molecule has 0 spiro atoms. The normalized spacial score (nSPS) is 14.2. The minimum absolute atomic E-state index is 0.00213. The van der Waals surface area contributed by atoms with Gasteiger partial charge in [-0.15, -0.1) is 11.8 Å². The highest BCUT2D eigenvalue weighted by molar-refractivity contribution is 8.00. The second-order valence-electron chi connectivity index (χ2n) is 6.10. The molecule has 1 aliphatic carbocycles. The molecule has 1 fully saturated rings. The minimum Gasteiger partial charge on any atom is -0.447 e. The summed E-state index contributed by atoms with van der Waals surface area (Å²) in [5.41, 5.74) is 0.604. The largest absolute Gasteiger partial charge is 0.447 e. The van der Waals surface area contributed by atoms with Crippen LogP contribution in [0.5, 0.6) is 0 Å². The third-order valence-electron chi connectivity index (χ3n) is 3.92. The van der Waals surface area contributed by atoms with E-state index in [-0.39, 0.29) is 23.4 Å². The zero-order chi connectivity index (χ0) is 19.2. The Balaban J connectivity index is 1.60. The van der Waals surface area contributed by atoms with Gasteiger partial charge < -0.3 is 10.1 Å². The highest BCUT2D eigenvalue weighted by atomic mass is 32.2. The monoisotopic (exact) mass is 386 g/mol. The smallest absolute Gasteiger partial charge is 0.317 e. The Morgan fingerprint density at radius 2 is 1.81 bits per heavy atom. The van der Waals surface area contributed by atoms with Gasteiger partial charge >= 0.3 is 5.97 Å². The zero-order valence-electron chi connectivity index (χ0n) is 14.4. The molecule has 1 aliphatic rings. The van der Waals surface area contributed by atoms with Gasteiger partial charge in [-0.05, 0) is 25.0 Å². The van der Waals surface area contributed by atoms with Gasteiger partial charge in [0, 0.05) is 28.6 Å². The molecule has 1 amide bonds. The molecule has 7 nitrogen and oxygen atoms in total. The number of hydrogen-bond donors (Lipinski definition) is 1. The second kappa shape index (κ2) is 8.68. The van der Waals surface area contributed by atoms with Crippen LogP contribution in [0.1, 0.15) is 24.5 Å². The summed E-state index contributed by atoms with van der Waals surface area (Å²) < 4.78 is 5.43. The first kappa shape index (κ1) is 18.9. The lowest BCUT2D eigenvalue weighted by Crippen LogP contribution is -2.33. The molecule has 1 atom stereocenters. The molecule has 0 unspecified atom stereocenters. The third-order valence-corrected chi connectivity index (χ3v) is 4.90. The van der Waals surface area contributed by atoms with Crippen LogP contribution in [0.3, 0.4) is 0 Å². The minimum atomic E-state index is -0.989. The lowest BCUT2D eigenvalue weighted by Gasteiger charge is -2.18. The van der Waals surface area contributed by atoms with Crippen molar-refractivity contribution in [1.82, 2.24) is 5.32 Å². The average molecular weight is 386 g/mol. The number of hydrogen-bond acceptors (Lipinski definition) is 6. The Kier molecular flexibility index (Phi) is 6.08. The molecule has 0 saturated heterocycles. The standard InChI is InChI=1S/C19H18N2O5S/c22-17(12-27-16-10-8-15(9-11-16)21(24)25)26-18(13-4-2-1-3-5-13)19(23)20-14-6-7-14/h1-5,8-11,14,18H,6-7,12H2,(H,20,23)/t18-/m1/s1. The molecule has 1 saturated carbocycles. The lowest BCUT2D eigenvalue weighted by atomic mass is 10.1. The van der Waals surface area contributed by atoms with Crippen LogP contribution in [-0.2, 0) is 14.3 Å². The van der Waals surface area contributed by atoms with Gasteiger partial charge in [0.15, 0.2) is 0 Å². The summed E-state index contributed by atoms with van der Waals surface area (Å²) in [6.45, 7) is 0. The molecule has 8 heteroatoms. The second-order valence-corrected chi connectivity index (χ2v) is 7.15. The number of benzene rings is 2. The van der Waals surface area contributed by atoms with E-state index in [1.165, 1.54) is 23.9 Å². The molecule has 2 aromatic carbocycles. The zero-order valence-corrected chi connectivity index (χ0v) is 15.2. The maximum atomic E-state index is 12.4. The predicted octanol–water partition coefficient (Wildman–Crippen LogP) is 3.25. The fraction of sp³-hybridized carbons (Fsp3) is 0.263. The number of nitrogens with one attached hydrogen (secondary N) is 1. The molecule has 3 rings (SSSR count). The average Bonchev–Trinajstić information content (AvgIpc) is 3.49. The van der Waals surface area contributed by atoms with Gasteiger partial charge in [0.25, 0.3) is 11.6 Å². The maximum Gasteiger partial charge on any atom is 0.317 e. The number of thioether (sulfide) groups is 1. The number of non-ortho nitro benzene ring substituents is 1. The fourth-order valence-electron chi connectivity index (χ4n) is 2.38. The van der Waals surface area contributed by atoms with Gasteiger partial charge in [-0.3, -0.25) is 19.7 Å². The first-order chi connectivity index (χ1) is 13.0. The van der Waals surface area contributed by atoms with Crippen molar-refractivity contribution in [3.05, 3.63) is 70.3 Å². The third kappa shape index (κ3) is 5.55. The molecule has 1 N–H and O–H groups in total. The Morgan fingerprint density at radius 1 is 1.15 bits per heavy atom. The van der Waals surface area contributed by atoms with E-state index in [2.05, 4.69) is 5.32 Å². The van der Waals surface area contributed by atoms with Crippen molar-refractivity contribution in [1.29, 1.82) is 0 Å². The van der Waals surface area contributed by atoms with Crippen molar-refractivity contribution in [3.63, 3.8) is 0 Å². The van der Waals surface area contributed by atoms with Gasteiger partial charge in [0.1, 0.15) is 0 Å². The number of esters is 1. The molecule has 0 radical (unpaired) electrons. The number of nitro benzene ring substituents is 1. The predicted molar refractivity (Wildman–Crippen MR) is 100 cm³/mol. The number of carbonyl (C=O) groups excluding carboxylic acids is 2. The van der Waals surface area contributed by atoms with E-state index < -0.39 is 17.0 Å². The molecular formula is C19H18N2O5S. The summed E-state index contributed by atoms with van der Waals surface area (Å²) in [7, 11) is 0. The Hall–Kier alpha value is -2.87. The van der Waals surface area contributed by atoms with Crippen molar-refractivity contribution >= 4 is 29.3 Å². The van der Waals surface area contributed by atoms with Crippen molar-refractivity contribution < 1.29 is 19.2 Å². The maximum absolute atomic E-state index is 12.4. The number of amides is 1. The van der Waals surface area contributed by atoms with Crippen molar-refractivity contribution in [3.8, 4) is 0 Å². The van der Waals surface area contributed by atoms with Crippen LogP contribution in [0.2, 0.25) is 0 Å². The van der Waals surface area contributed by atoms with Crippen LogP contribution in [0.4, 0.5) is 5.69 Å². The Bertz CT molecular complexity index is 822. The van der Waals surface area contributed by atoms with Crippen LogP contribution in [0.15, 0.2) is 59.5 Å². The van der Waals surface area contributed by atoms with E-state index in [1.54, 1.807) is 36.4 Å². The highest BCUT2D eigenvalue weighted by Crippen LogP contribution is 2.25. The molecule has 0 heterocycles. The van der Waals surface area contributed by atoms with Crippen LogP contribution < -0.4 is 5.32 Å². The van der Waals surface area contributed by atoms with E-state index in [0.717, 1.165) is 12.8 Å². The molecule has 27 heavy (non-hydrogen) atoms. The number of ether oxygens (including phenoxy) is 1. The van der Waals surface area contributed by atoms with E-state index >= 15 is 0 Å². The van der Waals surface area contributed by atoms with Crippen molar-refractivity contribution in [2.75, 3.05) is 5.75 Å². The number of rotatable bonds is 8. The Labute approximate surface area is 160 Å². The van der Waals surface area contributed by atoms with Gasteiger partial charge in [0.2, 0.25) is 6.10 Å². The summed E-state index contributed by atoms with van der Waals surface area (Å²) in [4.78, 5) is 35.6. The summed E-state index contributed by atoms with van der Waals surface area (Å²) in [6, 6.07) is 14.9. The van der Waals surface area contributed by atoms with Crippen LogP contribution >= 0.6 is 11.8 Å². The first-order valence-corrected chi connectivity index (χ1v) is 9.43. The van der Waals surface area contributed by atoms with Crippen LogP contribution in [0, 0.1) is 10.1 Å². The molecule has 2 aromatic rings. The fourth-order valence-corrected chi connectivity index (χ4v) is 3.06. The SMILES string of the molecule is O=C(CSc1ccc([N+](=O)[O-])cc1)O[C@@H](C(=O)NC1CC1)c1ccccc1. The van der Waals surface area contributed by atoms with Crippen LogP contribution in [0.25, 0.3) is 0 Å². The summed E-state index contributed by atoms with van der Waals surface area (Å²) in [5, 5.41) is 13.5. The molecule has 0 aromatic heterocycles. The van der Waals surface area contributed by atoms with Gasteiger partial charge in [0.05, 0.1) is 10.7 Å². The molecular weight excluding hydrogens is 368 g/mol. The summed E-state index contributed by atoms with van der Waals surface area (Å²) in [6.07, 6.45) is 0.894. The molecule has 0 aliphatic heterocycles. The molecule has 140 valence electrons. The topological polar surface area (TPSA) is 98.5 Å². The highest BCUT2D eigenvalue weighted by Gasteiger charge is 2.30. The Morgan fingerprint density at radius 3 is 2.41 bits per heavy atom. The van der Waals surface area contributed by atoms with E-state index in [4.69, 9.17) is 4.74 Å². The number of carbonyl (C=O) groups is 2. The first-order valence-electron chi connectivity index (χ1n) is 8.45. The van der Waals surface area contributed by atoms with E-state index in [0.29, 0.717) is 10.5 Å². The quantitative estimate of drug-likeness (QED) is 0.324. The van der Waals surface area contributed by atoms with Crippen molar-refractivity contribution in [2.45, 2.75) is 29.9 Å². The summed E-state index contributed by atoms with van der Waals surface area (Å²) in [5.74, 6) is -0.853. The lowest BCUT2D eigenvalue weighted by molar-refractivity contribution is -0.384. The van der Waals surface area contributed by atoms with E-state index in [9.17, 15) is 19.7 Å². The molecule has 0 bridgehead atoms. The van der Waals surface area contributed by atoms with Gasteiger partial charge in [-0.2, -0.15) is 0 Å². The summed E-state index contributed by atoms with van der Waals surface area (Å²) >= 11 is 1.20.